The molecule has 1 saturated heterocycles. The van der Waals surface area contributed by atoms with Gasteiger partial charge in [-0.1, -0.05) is 6.07 Å². The highest BCUT2D eigenvalue weighted by molar-refractivity contribution is 7.99. The molecule has 2 aromatic rings. The number of morpholine rings is 1. The third kappa shape index (κ3) is 4.93. The Hall–Kier alpha value is -2.14. The lowest BCUT2D eigenvalue weighted by molar-refractivity contribution is -0.121. The Morgan fingerprint density at radius 1 is 1.25 bits per heavy atom. The lowest BCUT2D eigenvalue weighted by Gasteiger charge is -2.27. The SMILES string of the molecule is COc1ccc(CC(=O)NC2CCSc3ccc(F)cc32)cc1S(=O)(=O)N1CCOCC1. The summed E-state index contributed by atoms with van der Waals surface area (Å²) in [5.74, 6) is 0.471. The second-order valence-corrected chi connectivity index (χ2v) is 10.7. The monoisotopic (exact) mass is 480 g/mol. The topological polar surface area (TPSA) is 84.9 Å². The maximum atomic E-state index is 13.7. The van der Waals surface area contributed by atoms with E-state index >= 15 is 0 Å². The van der Waals surface area contributed by atoms with E-state index in [1.54, 1.807) is 30.0 Å². The van der Waals surface area contributed by atoms with Gasteiger partial charge in [-0.3, -0.25) is 4.79 Å². The summed E-state index contributed by atoms with van der Waals surface area (Å²) < 4.78 is 51.9. The number of sulfonamides is 1. The molecule has 1 N–H and O–H groups in total. The number of benzene rings is 2. The molecule has 1 fully saturated rings. The predicted molar refractivity (Wildman–Crippen MR) is 119 cm³/mol. The Morgan fingerprint density at radius 2 is 2.03 bits per heavy atom. The average molecular weight is 481 g/mol. The lowest BCUT2D eigenvalue weighted by atomic mass is 10.0. The third-order valence-electron chi connectivity index (χ3n) is 5.53. The number of carbonyl (C=O) groups is 1. The molecule has 1 unspecified atom stereocenters. The Morgan fingerprint density at radius 3 is 2.78 bits per heavy atom. The number of methoxy groups -OCH3 is 1. The van der Waals surface area contributed by atoms with E-state index in [1.807, 2.05) is 0 Å². The number of nitrogens with one attached hydrogen (secondary N) is 1. The molecule has 1 atom stereocenters. The number of carbonyl (C=O) groups excluding carboxylic acids is 1. The summed E-state index contributed by atoms with van der Waals surface area (Å²) in [6.45, 7) is 1.22. The fraction of sp³-hybridized carbons (Fsp3) is 0.409. The summed E-state index contributed by atoms with van der Waals surface area (Å²) >= 11 is 1.64. The van der Waals surface area contributed by atoms with Gasteiger partial charge in [0.2, 0.25) is 15.9 Å². The van der Waals surface area contributed by atoms with Crippen LogP contribution in [0.4, 0.5) is 4.39 Å². The van der Waals surface area contributed by atoms with Crippen LogP contribution in [0.2, 0.25) is 0 Å². The normalized spacial score (nSPS) is 19.2. The molecule has 0 saturated carbocycles. The van der Waals surface area contributed by atoms with Gasteiger partial charge >= 0.3 is 0 Å². The lowest BCUT2D eigenvalue weighted by Crippen LogP contribution is -2.40. The number of fused-ring (bicyclic) bond motifs is 1. The van der Waals surface area contributed by atoms with Gasteiger partial charge in [-0.2, -0.15) is 4.31 Å². The first-order chi connectivity index (χ1) is 15.4. The molecule has 0 radical (unpaired) electrons. The van der Waals surface area contributed by atoms with E-state index in [9.17, 15) is 17.6 Å². The van der Waals surface area contributed by atoms with E-state index in [2.05, 4.69) is 5.32 Å². The van der Waals surface area contributed by atoms with Crippen LogP contribution >= 0.6 is 11.8 Å². The number of thioether (sulfide) groups is 1. The Labute approximate surface area is 191 Å². The van der Waals surface area contributed by atoms with Gasteiger partial charge in [0.1, 0.15) is 16.5 Å². The largest absolute Gasteiger partial charge is 0.495 e. The molecule has 0 aliphatic carbocycles. The van der Waals surface area contributed by atoms with Crippen molar-refractivity contribution in [3.63, 3.8) is 0 Å². The fourth-order valence-electron chi connectivity index (χ4n) is 3.90. The van der Waals surface area contributed by atoms with E-state index < -0.39 is 10.0 Å². The van der Waals surface area contributed by atoms with Crippen molar-refractivity contribution in [3.8, 4) is 5.75 Å². The molecule has 10 heteroatoms. The van der Waals surface area contributed by atoms with Crippen LogP contribution in [-0.2, 0) is 26.0 Å². The Balaban J connectivity index is 1.52. The first-order valence-electron chi connectivity index (χ1n) is 10.3. The minimum Gasteiger partial charge on any atom is -0.495 e. The first kappa shape index (κ1) is 23.0. The van der Waals surface area contributed by atoms with Crippen molar-refractivity contribution in [3.05, 3.63) is 53.3 Å². The number of ether oxygens (including phenoxy) is 2. The van der Waals surface area contributed by atoms with Crippen molar-refractivity contribution >= 4 is 27.7 Å². The molecule has 4 rings (SSSR count). The number of hydrogen-bond donors (Lipinski definition) is 1. The molecule has 2 aliphatic rings. The van der Waals surface area contributed by atoms with Crippen LogP contribution < -0.4 is 10.1 Å². The number of nitrogens with zero attached hydrogens (tertiary/aromatic N) is 1. The molecule has 32 heavy (non-hydrogen) atoms. The fourth-order valence-corrected chi connectivity index (χ4v) is 6.62. The van der Waals surface area contributed by atoms with E-state index in [4.69, 9.17) is 9.47 Å². The second-order valence-electron chi connectivity index (χ2n) is 7.62. The molecule has 2 heterocycles. The standard InChI is InChI=1S/C22H25FN2O5S2/c1-29-19-4-2-15(12-21(19)32(27,28)25-7-9-30-10-8-25)13-22(26)24-18-6-11-31-20-5-3-16(23)14-17(18)20/h2-5,12,14,18H,6-11,13H2,1H3,(H,24,26). The highest BCUT2D eigenvalue weighted by Crippen LogP contribution is 2.36. The Kier molecular flexibility index (Phi) is 7.04. The van der Waals surface area contributed by atoms with Crippen LogP contribution in [0.3, 0.4) is 0 Å². The van der Waals surface area contributed by atoms with Crippen LogP contribution in [-0.4, -0.2) is 57.8 Å². The number of halogens is 1. The van der Waals surface area contributed by atoms with E-state index in [0.717, 1.165) is 16.2 Å². The summed E-state index contributed by atoms with van der Waals surface area (Å²) in [4.78, 5) is 13.8. The molecule has 7 nitrogen and oxygen atoms in total. The molecule has 2 aromatic carbocycles. The van der Waals surface area contributed by atoms with Crippen molar-refractivity contribution in [1.29, 1.82) is 0 Å². The third-order valence-corrected chi connectivity index (χ3v) is 8.57. The van der Waals surface area contributed by atoms with Crippen molar-refractivity contribution in [2.45, 2.75) is 28.7 Å². The van der Waals surface area contributed by atoms with E-state index in [1.165, 1.54) is 29.6 Å². The van der Waals surface area contributed by atoms with Gasteiger partial charge in [-0.25, -0.2) is 12.8 Å². The van der Waals surface area contributed by atoms with Gasteiger partial charge in [0.15, 0.2) is 0 Å². The van der Waals surface area contributed by atoms with Gasteiger partial charge in [0.05, 0.1) is 32.8 Å². The molecular formula is C22H25FN2O5S2. The van der Waals surface area contributed by atoms with Gasteiger partial charge in [0, 0.05) is 23.7 Å². The summed E-state index contributed by atoms with van der Waals surface area (Å²) in [6.07, 6.45) is 0.704. The summed E-state index contributed by atoms with van der Waals surface area (Å²) in [5.41, 5.74) is 1.33. The van der Waals surface area contributed by atoms with Crippen molar-refractivity contribution in [2.75, 3.05) is 39.2 Å². The quantitative estimate of drug-likeness (QED) is 0.685. The zero-order valence-electron chi connectivity index (χ0n) is 17.7. The minimum atomic E-state index is -3.78. The van der Waals surface area contributed by atoms with E-state index in [0.29, 0.717) is 25.2 Å². The summed E-state index contributed by atoms with van der Waals surface area (Å²) in [6, 6.07) is 9.09. The summed E-state index contributed by atoms with van der Waals surface area (Å²) in [5, 5.41) is 2.97. The molecule has 0 aromatic heterocycles. The highest BCUT2D eigenvalue weighted by atomic mass is 32.2. The van der Waals surface area contributed by atoms with Gasteiger partial charge < -0.3 is 14.8 Å². The zero-order chi connectivity index (χ0) is 22.7. The first-order valence-corrected chi connectivity index (χ1v) is 12.8. The van der Waals surface area contributed by atoms with Crippen molar-refractivity contribution < 1.29 is 27.1 Å². The van der Waals surface area contributed by atoms with Gasteiger partial charge in [-0.05, 0) is 47.9 Å². The van der Waals surface area contributed by atoms with Crippen LogP contribution in [0.1, 0.15) is 23.6 Å². The van der Waals surface area contributed by atoms with Crippen molar-refractivity contribution in [1.82, 2.24) is 9.62 Å². The maximum Gasteiger partial charge on any atom is 0.246 e. The molecule has 0 spiro atoms. The Bertz CT molecular complexity index is 1100. The highest BCUT2D eigenvalue weighted by Gasteiger charge is 2.30. The van der Waals surface area contributed by atoms with Crippen LogP contribution in [0.15, 0.2) is 46.2 Å². The smallest absolute Gasteiger partial charge is 0.246 e. The van der Waals surface area contributed by atoms with Crippen molar-refractivity contribution in [2.24, 2.45) is 0 Å². The number of hydrogen-bond acceptors (Lipinski definition) is 6. The molecule has 2 aliphatic heterocycles. The molecule has 1 amide bonds. The van der Waals surface area contributed by atoms with E-state index in [-0.39, 0.29) is 47.9 Å². The van der Waals surface area contributed by atoms with Crippen LogP contribution in [0, 0.1) is 5.82 Å². The van der Waals surface area contributed by atoms with Gasteiger partial charge in [0.25, 0.3) is 0 Å². The molecule has 0 bridgehead atoms. The number of rotatable bonds is 6. The van der Waals surface area contributed by atoms with Crippen LogP contribution in [0.5, 0.6) is 5.75 Å². The molecule has 172 valence electrons. The average Bonchev–Trinajstić information content (AvgIpc) is 2.80. The second kappa shape index (κ2) is 9.78. The number of amides is 1. The molecular weight excluding hydrogens is 455 g/mol. The zero-order valence-corrected chi connectivity index (χ0v) is 19.3. The van der Waals surface area contributed by atoms with Crippen LogP contribution in [0.25, 0.3) is 0 Å². The maximum absolute atomic E-state index is 13.7. The summed E-state index contributed by atoms with van der Waals surface area (Å²) in [7, 11) is -2.37. The van der Waals surface area contributed by atoms with Gasteiger partial charge in [-0.15, -0.1) is 11.8 Å². The minimum absolute atomic E-state index is 0.00389. The predicted octanol–water partition coefficient (Wildman–Crippen LogP) is 2.75.